The van der Waals surface area contributed by atoms with Crippen LogP contribution in [0, 0.1) is 0 Å². The fourth-order valence-corrected chi connectivity index (χ4v) is 4.29. The number of imide groups is 1. The van der Waals surface area contributed by atoms with Crippen molar-refractivity contribution < 1.29 is 14.4 Å². The minimum Gasteiger partial charge on any atom is -0.351 e. The number of thioether (sulfide) groups is 1. The van der Waals surface area contributed by atoms with Crippen molar-refractivity contribution in [2.24, 2.45) is 0 Å². The highest BCUT2D eigenvalue weighted by atomic mass is 32.2. The van der Waals surface area contributed by atoms with Crippen molar-refractivity contribution in [3.8, 4) is 0 Å². The van der Waals surface area contributed by atoms with Gasteiger partial charge in [0, 0.05) is 28.9 Å². The van der Waals surface area contributed by atoms with Crippen molar-refractivity contribution >= 4 is 63.6 Å². The van der Waals surface area contributed by atoms with Crippen LogP contribution in [0.2, 0.25) is 0 Å². The van der Waals surface area contributed by atoms with Crippen molar-refractivity contribution in [1.82, 2.24) is 10.2 Å². The lowest BCUT2D eigenvalue weighted by Gasteiger charge is -2.12. The molecule has 1 aliphatic rings. The number of nitrogens with zero attached hydrogens (tertiary/aromatic N) is 1. The van der Waals surface area contributed by atoms with E-state index in [2.05, 4.69) is 5.32 Å². The number of thiophene rings is 2. The predicted molar refractivity (Wildman–Crippen MR) is 103 cm³/mol. The van der Waals surface area contributed by atoms with Gasteiger partial charge in [0.15, 0.2) is 0 Å². The van der Waals surface area contributed by atoms with E-state index in [4.69, 9.17) is 0 Å². The van der Waals surface area contributed by atoms with Crippen LogP contribution in [-0.2, 0) is 9.59 Å². The Balaban J connectivity index is 1.50. The quantitative estimate of drug-likeness (QED) is 0.764. The molecule has 0 spiro atoms. The molecule has 0 unspecified atom stereocenters. The number of hydrogen-bond donors (Lipinski definition) is 1. The predicted octanol–water partition coefficient (Wildman–Crippen LogP) is 3.68. The first kappa shape index (κ1) is 17.7. The van der Waals surface area contributed by atoms with Gasteiger partial charge in [-0.05, 0) is 46.8 Å². The van der Waals surface area contributed by atoms with E-state index in [0.29, 0.717) is 4.91 Å². The summed E-state index contributed by atoms with van der Waals surface area (Å²) < 4.78 is 0. The van der Waals surface area contributed by atoms with Gasteiger partial charge in [-0.2, -0.15) is 0 Å². The zero-order valence-electron chi connectivity index (χ0n) is 13.0. The van der Waals surface area contributed by atoms with Crippen LogP contribution in [0.1, 0.15) is 9.75 Å². The molecule has 2 aromatic rings. The molecule has 0 bridgehead atoms. The van der Waals surface area contributed by atoms with Crippen LogP contribution in [0.4, 0.5) is 4.79 Å². The Hall–Kier alpha value is -2.16. The molecule has 1 N–H and O–H groups in total. The number of amides is 3. The summed E-state index contributed by atoms with van der Waals surface area (Å²) in [6, 6.07) is 7.60. The molecular weight excluding hydrogens is 376 g/mol. The lowest BCUT2D eigenvalue weighted by molar-refractivity contribution is -0.123. The summed E-state index contributed by atoms with van der Waals surface area (Å²) in [7, 11) is 0. The van der Waals surface area contributed by atoms with Gasteiger partial charge in [0.1, 0.15) is 0 Å². The topological polar surface area (TPSA) is 66.5 Å². The maximum absolute atomic E-state index is 12.3. The Morgan fingerprint density at radius 3 is 2.52 bits per heavy atom. The molecule has 1 saturated heterocycles. The molecule has 3 heterocycles. The summed E-state index contributed by atoms with van der Waals surface area (Å²) >= 11 is 3.97. The van der Waals surface area contributed by atoms with Crippen molar-refractivity contribution in [2.75, 3.05) is 13.1 Å². The molecular formula is C17H14N2O3S3. The second-order valence-corrected chi connectivity index (χ2v) is 7.94. The summed E-state index contributed by atoms with van der Waals surface area (Å²) in [6.45, 7) is 0.378. The minimum absolute atomic E-state index is 0.158. The second-order valence-electron chi connectivity index (χ2n) is 4.99. The monoisotopic (exact) mass is 390 g/mol. The average Bonchev–Trinajstić information content (AvgIpc) is 3.32. The first-order chi connectivity index (χ1) is 12.1. The van der Waals surface area contributed by atoms with Crippen LogP contribution in [0.15, 0.2) is 46.0 Å². The van der Waals surface area contributed by atoms with Gasteiger partial charge in [0.25, 0.3) is 11.1 Å². The van der Waals surface area contributed by atoms with Gasteiger partial charge in [0.05, 0.1) is 4.91 Å². The number of rotatable bonds is 6. The Bertz CT molecular complexity index is 823. The zero-order valence-corrected chi connectivity index (χ0v) is 15.5. The van der Waals surface area contributed by atoms with Crippen LogP contribution in [0.25, 0.3) is 12.2 Å². The second kappa shape index (κ2) is 8.28. The first-order valence-electron chi connectivity index (χ1n) is 7.42. The van der Waals surface area contributed by atoms with E-state index in [1.165, 1.54) is 28.7 Å². The summed E-state index contributed by atoms with van der Waals surface area (Å²) in [6.07, 6.45) is 4.89. The van der Waals surface area contributed by atoms with E-state index in [-0.39, 0.29) is 30.1 Å². The normalized spacial score (nSPS) is 16.3. The largest absolute Gasteiger partial charge is 0.351 e. The lowest BCUT2D eigenvalue weighted by atomic mass is 10.3. The Morgan fingerprint density at radius 1 is 1.12 bits per heavy atom. The molecule has 5 nitrogen and oxygen atoms in total. The summed E-state index contributed by atoms with van der Waals surface area (Å²) in [5.41, 5.74) is 0. The zero-order chi connectivity index (χ0) is 17.6. The van der Waals surface area contributed by atoms with Crippen molar-refractivity contribution in [3.05, 3.63) is 55.8 Å². The van der Waals surface area contributed by atoms with Gasteiger partial charge in [-0.1, -0.05) is 12.1 Å². The van der Waals surface area contributed by atoms with Crippen LogP contribution in [-0.4, -0.2) is 35.0 Å². The molecule has 3 amide bonds. The summed E-state index contributed by atoms with van der Waals surface area (Å²) in [4.78, 5) is 39.5. The molecule has 1 aliphatic heterocycles. The van der Waals surface area contributed by atoms with E-state index in [1.807, 2.05) is 35.0 Å². The first-order valence-corrected chi connectivity index (χ1v) is 9.99. The molecule has 2 aromatic heterocycles. The van der Waals surface area contributed by atoms with Gasteiger partial charge in [0.2, 0.25) is 5.91 Å². The SMILES string of the molecule is O=C(/C=C/c1cccs1)NCCN1C(=O)S/C(=C\c2cccs2)C1=O. The highest BCUT2D eigenvalue weighted by molar-refractivity contribution is 8.18. The summed E-state index contributed by atoms with van der Waals surface area (Å²) in [5, 5.41) is 6.21. The van der Waals surface area contributed by atoms with Crippen LogP contribution in [0.3, 0.4) is 0 Å². The summed E-state index contributed by atoms with van der Waals surface area (Å²) in [5.74, 6) is -0.568. The van der Waals surface area contributed by atoms with Crippen LogP contribution < -0.4 is 5.32 Å². The number of nitrogens with one attached hydrogen (secondary N) is 1. The van der Waals surface area contributed by atoms with Crippen molar-refractivity contribution in [3.63, 3.8) is 0 Å². The third kappa shape index (κ3) is 4.68. The molecule has 3 rings (SSSR count). The smallest absolute Gasteiger partial charge is 0.293 e. The van der Waals surface area contributed by atoms with Crippen LogP contribution >= 0.6 is 34.4 Å². The van der Waals surface area contributed by atoms with Crippen LogP contribution in [0.5, 0.6) is 0 Å². The van der Waals surface area contributed by atoms with E-state index in [9.17, 15) is 14.4 Å². The molecule has 0 aromatic carbocycles. The maximum Gasteiger partial charge on any atom is 0.293 e. The van der Waals surface area contributed by atoms with E-state index in [0.717, 1.165) is 26.4 Å². The average molecular weight is 391 g/mol. The Morgan fingerprint density at radius 2 is 1.84 bits per heavy atom. The minimum atomic E-state index is -0.313. The van der Waals surface area contributed by atoms with Gasteiger partial charge < -0.3 is 5.32 Å². The molecule has 0 aliphatic carbocycles. The Labute approximate surface area is 157 Å². The fourth-order valence-electron chi connectivity index (χ4n) is 2.09. The highest BCUT2D eigenvalue weighted by Crippen LogP contribution is 2.32. The molecule has 0 radical (unpaired) electrons. The maximum atomic E-state index is 12.3. The molecule has 1 fully saturated rings. The van der Waals surface area contributed by atoms with Crippen molar-refractivity contribution in [1.29, 1.82) is 0 Å². The highest BCUT2D eigenvalue weighted by Gasteiger charge is 2.34. The van der Waals surface area contributed by atoms with E-state index < -0.39 is 0 Å². The fraction of sp³-hybridized carbons (Fsp3) is 0.118. The van der Waals surface area contributed by atoms with Gasteiger partial charge in [-0.15, -0.1) is 22.7 Å². The number of carbonyl (C=O) groups excluding carboxylic acids is 3. The molecule has 128 valence electrons. The Kier molecular flexibility index (Phi) is 5.85. The standard InChI is InChI=1S/C17H14N2O3S3/c20-15(6-5-12-3-1-9-23-12)18-7-8-19-16(21)14(25-17(19)22)11-13-4-2-10-24-13/h1-6,9-11H,7-8H2,(H,18,20)/b6-5+,14-11-. The van der Waals surface area contributed by atoms with Gasteiger partial charge in [-0.3, -0.25) is 19.3 Å². The molecule has 8 heteroatoms. The van der Waals surface area contributed by atoms with Crippen molar-refractivity contribution in [2.45, 2.75) is 0 Å². The lowest BCUT2D eigenvalue weighted by Crippen LogP contribution is -2.36. The van der Waals surface area contributed by atoms with E-state index >= 15 is 0 Å². The number of hydrogen-bond acceptors (Lipinski definition) is 6. The number of carbonyl (C=O) groups is 3. The molecule has 25 heavy (non-hydrogen) atoms. The third-order valence-electron chi connectivity index (χ3n) is 3.27. The van der Waals surface area contributed by atoms with E-state index in [1.54, 1.807) is 12.2 Å². The third-order valence-corrected chi connectivity index (χ3v) is 5.83. The molecule has 0 saturated carbocycles. The van der Waals surface area contributed by atoms with Gasteiger partial charge >= 0.3 is 0 Å². The molecule has 0 atom stereocenters. The van der Waals surface area contributed by atoms with Gasteiger partial charge in [-0.25, -0.2) is 0 Å².